The molecule has 0 N–H and O–H groups in total. The summed E-state index contributed by atoms with van der Waals surface area (Å²) in [6.45, 7) is 5.65. The maximum Gasteiger partial charge on any atom is 0.130 e. The van der Waals surface area contributed by atoms with E-state index >= 15 is 0 Å². The van der Waals surface area contributed by atoms with Crippen LogP contribution in [-0.4, -0.2) is 5.78 Å². The first-order valence-electron chi connectivity index (χ1n) is 6.86. The number of ketones is 1. The summed E-state index contributed by atoms with van der Waals surface area (Å²) in [5, 5.41) is 0. The summed E-state index contributed by atoms with van der Waals surface area (Å²) >= 11 is 0. The molecular formula is C18H22O. The molecule has 2 aromatic rings. The van der Waals surface area contributed by atoms with Crippen LogP contribution >= 0.6 is 0 Å². The van der Waals surface area contributed by atoms with Crippen molar-refractivity contribution >= 4 is 5.78 Å². The first kappa shape index (κ1) is 15.2. The van der Waals surface area contributed by atoms with Crippen LogP contribution in [-0.2, 0) is 4.79 Å². The quantitative estimate of drug-likeness (QED) is 0.764. The Balaban J connectivity index is 0.000000861. The fraction of sp³-hybridized carbons (Fsp3) is 0.278. The predicted molar refractivity (Wildman–Crippen MR) is 81.4 cm³/mol. The molecule has 0 aliphatic carbocycles. The van der Waals surface area contributed by atoms with Gasteiger partial charge in [-0.25, -0.2) is 0 Å². The van der Waals surface area contributed by atoms with Gasteiger partial charge < -0.3 is 0 Å². The van der Waals surface area contributed by atoms with Crippen molar-refractivity contribution in [3.05, 3.63) is 71.8 Å². The Bertz CT molecular complexity index is 434. The minimum absolute atomic E-state index is 0.176. The zero-order valence-electron chi connectivity index (χ0n) is 12.0. The van der Waals surface area contributed by atoms with Gasteiger partial charge in [0, 0.05) is 12.3 Å². The second kappa shape index (κ2) is 8.25. The largest absolute Gasteiger partial charge is 0.300 e. The summed E-state index contributed by atoms with van der Waals surface area (Å²) in [5.74, 6) is 0.401. The van der Waals surface area contributed by atoms with Crippen LogP contribution in [0.3, 0.4) is 0 Å². The van der Waals surface area contributed by atoms with Gasteiger partial charge in [0.25, 0.3) is 0 Å². The highest BCUT2D eigenvalue weighted by atomic mass is 16.1. The van der Waals surface area contributed by atoms with E-state index in [1.165, 1.54) is 11.1 Å². The standard InChI is InChI=1S/C16H16O.C2H6/c1-13(17)12-16(14-8-4-2-5-9-14)15-10-6-3-7-11-15;1-2/h2-11,16H,12H2,1H3;1-2H3. The van der Waals surface area contributed by atoms with E-state index < -0.39 is 0 Å². The van der Waals surface area contributed by atoms with Crippen LogP contribution in [0.25, 0.3) is 0 Å². The van der Waals surface area contributed by atoms with Gasteiger partial charge in [0.05, 0.1) is 0 Å². The minimum atomic E-state index is 0.176. The summed E-state index contributed by atoms with van der Waals surface area (Å²) in [7, 11) is 0. The zero-order chi connectivity index (χ0) is 14.1. The molecule has 1 nitrogen and oxygen atoms in total. The van der Waals surface area contributed by atoms with Gasteiger partial charge in [-0.2, -0.15) is 0 Å². The third-order valence-electron chi connectivity index (χ3n) is 2.90. The van der Waals surface area contributed by atoms with E-state index in [0.29, 0.717) is 6.42 Å². The fourth-order valence-electron chi connectivity index (χ4n) is 2.09. The first-order valence-corrected chi connectivity index (χ1v) is 6.86. The number of benzene rings is 2. The van der Waals surface area contributed by atoms with Crippen LogP contribution in [0.4, 0.5) is 0 Å². The molecule has 0 saturated carbocycles. The lowest BCUT2D eigenvalue weighted by molar-refractivity contribution is -0.117. The molecule has 0 atom stereocenters. The number of Topliss-reactive ketones (excluding diaryl/α,β-unsaturated/α-hetero) is 1. The van der Waals surface area contributed by atoms with Crippen LogP contribution in [0, 0.1) is 0 Å². The monoisotopic (exact) mass is 254 g/mol. The van der Waals surface area contributed by atoms with E-state index in [4.69, 9.17) is 0 Å². The molecule has 0 amide bonds. The molecule has 1 heteroatoms. The maximum absolute atomic E-state index is 11.4. The molecule has 0 saturated heterocycles. The molecule has 0 heterocycles. The van der Waals surface area contributed by atoms with E-state index in [1.54, 1.807) is 6.92 Å². The van der Waals surface area contributed by atoms with E-state index in [2.05, 4.69) is 24.3 Å². The molecule has 0 aliphatic heterocycles. The van der Waals surface area contributed by atoms with Crippen LogP contribution < -0.4 is 0 Å². The van der Waals surface area contributed by atoms with Gasteiger partial charge >= 0.3 is 0 Å². The Morgan fingerprint density at radius 2 is 1.21 bits per heavy atom. The molecular weight excluding hydrogens is 232 g/mol. The molecule has 0 aliphatic rings. The predicted octanol–water partition coefficient (Wildman–Crippen LogP) is 4.82. The van der Waals surface area contributed by atoms with Crippen molar-refractivity contribution in [2.24, 2.45) is 0 Å². The molecule has 0 spiro atoms. The van der Waals surface area contributed by atoms with Crippen molar-refractivity contribution in [2.45, 2.75) is 33.1 Å². The second-order valence-electron chi connectivity index (χ2n) is 4.28. The number of hydrogen-bond donors (Lipinski definition) is 0. The average molecular weight is 254 g/mol. The van der Waals surface area contributed by atoms with Crippen LogP contribution in [0.15, 0.2) is 60.7 Å². The maximum atomic E-state index is 11.4. The SMILES string of the molecule is CC.CC(=O)CC(c1ccccc1)c1ccccc1. The lowest BCUT2D eigenvalue weighted by Crippen LogP contribution is -2.05. The van der Waals surface area contributed by atoms with Gasteiger partial charge in [-0.15, -0.1) is 0 Å². The Labute approximate surface area is 116 Å². The lowest BCUT2D eigenvalue weighted by atomic mass is 9.87. The van der Waals surface area contributed by atoms with Crippen molar-refractivity contribution in [1.29, 1.82) is 0 Å². The first-order chi connectivity index (χ1) is 9.27. The third-order valence-corrected chi connectivity index (χ3v) is 2.90. The molecule has 2 aromatic carbocycles. The second-order valence-corrected chi connectivity index (χ2v) is 4.28. The van der Waals surface area contributed by atoms with E-state index in [-0.39, 0.29) is 11.7 Å². The van der Waals surface area contributed by atoms with E-state index in [1.807, 2.05) is 50.2 Å². The van der Waals surface area contributed by atoms with Crippen molar-refractivity contribution in [3.8, 4) is 0 Å². The van der Waals surface area contributed by atoms with Crippen LogP contribution in [0.5, 0.6) is 0 Å². The highest BCUT2D eigenvalue weighted by molar-refractivity contribution is 5.77. The van der Waals surface area contributed by atoms with Crippen LogP contribution in [0.2, 0.25) is 0 Å². The zero-order valence-corrected chi connectivity index (χ0v) is 12.0. The fourth-order valence-corrected chi connectivity index (χ4v) is 2.09. The van der Waals surface area contributed by atoms with Gasteiger partial charge in [-0.05, 0) is 18.1 Å². The summed E-state index contributed by atoms with van der Waals surface area (Å²) in [5.41, 5.74) is 2.41. The van der Waals surface area contributed by atoms with Crippen molar-refractivity contribution in [3.63, 3.8) is 0 Å². The summed E-state index contributed by atoms with van der Waals surface area (Å²) < 4.78 is 0. The highest BCUT2D eigenvalue weighted by Crippen LogP contribution is 2.27. The van der Waals surface area contributed by atoms with Crippen molar-refractivity contribution in [2.75, 3.05) is 0 Å². The Hall–Kier alpha value is -1.89. The van der Waals surface area contributed by atoms with E-state index in [9.17, 15) is 4.79 Å². The summed E-state index contributed by atoms with van der Waals surface area (Å²) in [4.78, 5) is 11.4. The normalized spacial score (nSPS) is 9.68. The number of carbonyl (C=O) groups is 1. The lowest BCUT2D eigenvalue weighted by Gasteiger charge is -2.16. The molecule has 0 radical (unpaired) electrons. The average Bonchev–Trinajstić information content (AvgIpc) is 2.48. The summed E-state index contributed by atoms with van der Waals surface area (Å²) in [6.07, 6.45) is 0.564. The minimum Gasteiger partial charge on any atom is -0.300 e. The van der Waals surface area contributed by atoms with Gasteiger partial charge in [-0.1, -0.05) is 74.5 Å². The van der Waals surface area contributed by atoms with Crippen molar-refractivity contribution in [1.82, 2.24) is 0 Å². The van der Waals surface area contributed by atoms with Gasteiger partial charge in [-0.3, -0.25) is 4.79 Å². The molecule has 0 fully saturated rings. The number of rotatable bonds is 4. The molecule has 2 rings (SSSR count). The highest BCUT2D eigenvalue weighted by Gasteiger charge is 2.15. The van der Waals surface area contributed by atoms with Crippen LogP contribution in [0.1, 0.15) is 44.2 Å². The molecule has 19 heavy (non-hydrogen) atoms. The number of hydrogen-bond acceptors (Lipinski definition) is 1. The topological polar surface area (TPSA) is 17.1 Å². The molecule has 0 unspecified atom stereocenters. The summed E-state index contributed by atoms with van der Waals surface area (Å²) in [6, 6.07) is 20.4. The Morgan fingerprint density at radius 1 is 0.842 bits per heavy atom. The van der Waals surface area contributed by atoms with Crippen molar-refractivity contribution < 1.29 is 4.79 Å². The van der Waals surface area contributed by atoms with E-state index in [0.717, 1.165) is 0 Å². The molecule has 0 aromatic heterocycles. The van der Waals surface area contributed by atoms with Gasteiger partial charge in [0.1, 0.15) is 5.78 Å². The van der Waals surface area contributed by atoms with Gasteiger partial charge in [0.2, 0.25) is 0 Å². The Morgan fingerprint density at radius 3 is 1.53 bits per heavy atom. The smallest absolute Gasteiger partial charge is 0.130 e. The number of carbonyl (C=O) groups excluding carboxylic acids is 1. The molecule has 100 valence electrons. The van der Waals surface area contributed by atoms with Gasteiger partial charge in [0.15, 0.2) is 0 Å². The third kappa shape index (κ3) is 4.70. The Kier molecular flexibility index (Phi) is 6.59. The molecule has 0 bridgehead atoms.